The summed E-state index contributed by atoms with van der Waals surface area (Å²) in [6.07, 6.45) is 6.60. The number of fused-ring (bicyclic) bond motifs is 1. The van der Waals surface area contributed by atoms with Crippen molar-refractivity contribution >= 4 is 0 Å². The van der Waals surface area contributed by atoms with Crippen molar-refractivity contribution < 1.29 is 0 Å². The summed E-state index contributed by atoms with van der Waals surface area (Å²) >= 11 is 0. The fraction of sp³-hybridized carbons (Fsp3) is 0.643. The van der Waals surface area contributed by atoms with Crippen LogP contribution in [0, 0.1) is 0 Å². The van der Waals surface area contributed by atoms with Crippen LogP contribution in [0.4, 0.5) is 0 Å². The topological polar surface area (TPSA) is 60.6 Å². The zero-order valence-corrected chi connectivity index (χ0v) is 12.3. The minimum Gasteiger partial charge on any atom is -0.314 e. The lowest BCUT2D eigenvalue weighted by atomic mass is 10.1. The summed E-state index contributed by atoms with van der Waals surface area (Å²) in [6.45, 7) is 4.80. The molecule has 0 aliphatic carbocycles. The Kier molecular flexibility index (Phi) is 3.82. The van der Waals surface area contributed by atoms with Crippen molar-refractivity contribution in [1.29, 1.82) is 0 Å². The molecule has 1 N–H and O–H groups in total. The molecular formula is C14H22N6. The van der Waals surface area contributed by atoms with Crippen LogP contribution in [0.2, 0.25) is 0 Å². The maximum Gasteiger partial charge on any atom is 0.147 e. The Labute approximate surface area is 119 Å². The summed E-state index contributed by atoms with van der Waals surface area (Å²) in [6, 6.07) is 0. The first-order valence-corrected chi connectivity index (χ1v) is 7.41. The fourth-order valence-electron chi connectivity index (χ4n) is 2.84. The zero-order valence-electron chi connectivity index (χ0n) is 12.3. The fourth-order valence-corrected chi connectivity index (χ4v) is 2.84. The number of nitrogens with one attached hydrogen (secondary N) is 1. The van der Waals surface area contributed by atoms with Crippen LogP contribution >= 0.6 is 0 Å². The second-order valence-corrected chi connectivity index (χ2v) is 5.37. The standard InChI is InChI=1S/C14H22N6/c1-3-12-11(10-19(2)18-12)8-15-9-14-17-16-13-6-4-5-7-20(13)14/h10,15H,3-9H2,1-2H3. The van der Waals surface area contributed by atoms with Crippen LogP contribution < -0.4 is 5.32 Å². The van der Waals surface area contributed by atoms with E-state index in [1.165, 1.54) is 24.1 Å². The average molecular weight is 274 g/mol. The molecule has 0 saturated heterocycles. The summed E-state index contributed by atoms with van der Waals surface area (Å²) in [5.74, 6) is 2.20. The van der Waals surface area contributed by atoms with E-state index in [0.717, 1.165) is 44.1 Å². The van der Waals surface area contributed by atoms with Crippen molar-refractivity contribution in [3.63, 3.8) is 0 Å². The predicted octanol–water partition coefficient (Wildman–Crippen LogP) is 1.20. The Morgan fingerprint density at radius 2 is 2.15 bits per heavy atom. The molecule has 1 aliphatic rings. The molecule has 0 amide bonds. The lowest BCUT2D eigenvalue weighted by Crippen LogP contribution is -2.19. The van der Waals surface area contributed by atoms with E-state index in [4.69, 9.17) is 0 Å². The largest absolute Gasteiger partial charge is 0.314 e. The molecule has 1 aliphatic heterocycles. The van der Waals surface area contributed by atoms with Crippen molar-refractivity contribution in [1.82, 2.24) is 29.9 Å². The lowest BCUT2D eigenvalue weighted by molar-refractivity contribution is 0.497. The van der Waals surface area contributed by atoms with Gasteiger partial charge in [0.25, 0.3) is 0 Å². The van der Waals surface area contributed by atoms with E-state index in [1.54, 1.807) is 0 Å². The second kappa shape index (κ2) is 5.75. The smallest absolute Gasteiger partial charge is 0.147 e. The average Bonchev–Trinajstić information content (AvgIpc) is 3.03. The molecule has 0 atom stereocenters. The van der Waals surface area contributed by atoms with Crippen LogP contribution in [0.25, 0.3) is 0 Å². The second-order valence-electron chi connectivity index (χ2n) is 5.37. The maximum absolute atomic E-state index is 4.46. The van der Waals surface area contributed by atoms with E-state index in [9.17, 15) is 0 Å². The molecule has 0 aromatic carbocycles. The first-order valence-electron chi connectivity index (χ1n) is 7.41. The molecule has 108 valence electrons. The summed E-state index contributed by atoms with van der Waals surface area (Å²) in [5, 5.41) is 16.5. The van der Waals surface area contributed by atoms with Gasteiger partial charge in [-0.25, -0.2) is 0 Å². The summed E-state index contributed by atoms with van der Waals surface area (Å²) in [5.41, 5.74) is 2.44. The van der Waals surface area contributed by atoms with Crippen molar-refractivity contribution in [3.8, 4) is 0 Å². The van der Waals surface area contributed by atoms with E-state index < -0.39 is 0 Å². The van der Waals surface area contributed by atoms with Gasteiger partial charge in [-0.15, -0.1) is 10.2 Å². The third-order valence-electron chi connectivity index (χ3n) is 3.86. The third-order valence-corrected chi connectivity index (χ3v) is 3.86. The van der Waals surface area contributed by atoms with Gasteiger partial charge < -0.3 is 9.88 Å². The van der Waals surface area contributed by atoms with Crippen molar-refractivity contribution in [3.05, 3.63) is 29.1 Å². The van der Waals surface area contributed by atoms with Gasteiger partial charge in [0.15, 0.2) is 0 Å². The highest BCUT2D eigenvalue weighted by Gasteiger charge is 2.15. The van der Waals surface area contributed by atoms with Crippen LogP contribution in [0.3, 0.4) is 0 Å². The van der Waals surface area contributed by atoms with Crippen LogP contribution in [0.15, 0.2) is 6.20 Å². The van der Waals surface area contributed by atoms with Crippen molar-refractivity contribution in [2.24, 2.45) is 7.05 Å². The number of aryl methyl sites for hydroxylation is 3. The van der Waals surface area contributed by atoms with E-state index >= 15 is 0 Å². The Balaban J connectivity index is 1.61. The van der Waals surface area contributed by atoms with Crippen molar-refractivity contribution in [2.75, 3.05) is 0 Å². The number of aromatic nitrogens is 5. The zero-order chi connectivity index (χ0) is 13.9. The molecule has 20 heavy (non-hydrogen) atoms. The van der Waals surface area contributed by atoms with Crippen LogP contribution in [0.5, 0.6) is 0 Å². The lowest BCUT2D eigenvalue weighted by Gasteiger charge is -2.14. The maximum atomic E-state index is 4.46. The number of rotatable bonds is 5. The van der Waals surface area contributed by atoms with Gasteiger partial charge in [0.2, 0.25) is 0 Å². The highest BCUT2D eigenvalue weighted by Crippen LogP contribution is 2.14. The van der Waals surface area contributed by atoms with E-state index in [1.807, 2.05) is 11.7 Å². The molecule has 6 heteroatoms. The first kappa shape index (κ1) is 13.3. The molecular weight excluding hydrogens is 252 g/mol. The first-order chi connectivity index (χ1) is 9.78. The molecule has 6 nitrogen and oxygen atoms in total. The van der Waals surface area contributed by atoms with Gasteiger partial charge >= 0.3 is 0 Å². The van der Waals surface area contributed by atoms with E-state index in [-0.39, 0.29) is 0 Å². The third kappa shape index (κ3) is 2.60. The van der Waals surface area contributed by atoms with Gasteiger partial charge in [-0.3, -0.25) is 4.68 Å². The predicted molar refractivity (Wildman–Crippen MR) is 76.1 cm³/mol. The Morgan fingerprint density at radius 1 is 1.25 bits per heavy atom. The van der Waals surface area contributed by atoms with E-state index in [2.05, 4.69) is 38.3 Å². The molecule has 0 bridgehead atoms. The van der Waals surface area contributed by atoms with Gasteiger partial charge in [-0.1, -0.05) is 6.92 Å². The van der Waals surface area contributed by atoms with Gasteiger partial charge in [0, 0.05) is 38.3 Å². The van der Waals surface area contributed by atoms with Crippen LogP contribution in [-0.2, 0) is 39.5 Å². The van der Waals surface area contributed by atoms with Crippen molar-refractivity contribution in [2.45, 2.75) is 52.2 Å². The molecule has 0 spiro atoms. The molecule has 0 saturated carbocycles. The Bertz CT molecular complexity index is 582. The highest BCUT2D eigenvalue weighted by atomic mass is 15.3. The van der Waals surface area contributed by atoms with Gasteiger partial charge in [-0.2, -0.15) is 5.10 Å². The minimum absolute atomic E-state index is 0.769. The molecule has 2 aromatic rings. The molecule has 0 radical (unpaired) electrons. The molecule has 3 rings (SSSR count). The van der Waals surface area contributed by atoms with Gasteiger partial charge in [0.05, 0.1) is 12.2 Å². The highest BCUT2D eigenvalue weighted by molar-refractivity contribution is 5.16. The Hall–Kier alpha value is -1.69. The Morgan fingerprint density at radius 3 is 3.00 bits per heavy atom. The van der Waals surface area contributed by atoms with Gasteiger partial charge in [-0.05, 0) is 19.3 Å². The molecule has 0 fully saturated rings. The number of hydrogen-bond donors (Lipinski definition) is 1. The monoisotopic (exact) mass is 274 g/mol. The van der Waals surface area contributed by atoms with E-state index in [0.29, 0.717) is 0 Å². The summed E-state index contributed by atoms with van der Waals surface area (Å²) in [7, 11) is 1.97. The normalized spacial score (nSPS) is 14.5. The summed E-state index contributed by atoms with van der Waals surface area (Å²) < 4.78 is 4.15. The number of hydrogen-bond acceptors (Lipinski definition) is 4. The SMILES string of the molecule is CCc1nn(C)cc1CNCc1nnc2n1CCCC2. The molecule has 3 heterocycles. The minimum atomic E-state index is 0.769. The summed E-state index contributed by atoms with van der Waals surface area (Å²) in [4.78, 5) is 0. The molecule has 0 unspecified atom stereocenters. The molecule has 2 aromatic heterocycles. The quantitative estimate of drug-likeness (QED) is 0.890. The van der Waals surface area contributed by atoms with Crippen LogP contribution in [0.1, 0.15) is 42.7 Å². The van der Waals surface area contributed by atoms with Crippen LogP contribution in [-0.4, -0.2) is 24.5 Å². The van der Waals surface area contributed by atoms with Gasteiger partial charge in [0.1, 0.15) is 11.6 Å². The number of nitrogens with zero attached hydrogens (tertiary/aromatic N) is 5.